The minimum atomic E-state index is -1.36. The van der Waals surface area contributed by atoms with Gasteiger partial charge in [-0.1, -0.05) is 30.3 Å². The van der Waals surface area contributed by atoms with Crippen LogP contribution in [0.2, 0.25) is 0 Å². The van der Waals surface area contributed by atoms with Crippen LogP contribution in [-0.4, -0.2) is 27.7 Å². The summed E-state index contributed by atoms with van der Waals surface area (Å²) >= 11 is 0. The normalized spacial score (nSPS) is 18.2. The van der Waals surface area contributed by atoms with Gasteiger partial charge in [0.05, 0.1) is 0 Å². The number of amides is 1. The van der Waals surface area contributed by atoms with Crippen LogP contribution in [0.15, 0.2) is 30.3 Å². The molecule has 5 heteroatoms. The lowest BCUT2D eigenvalue weighted by Crippen LogP contribution is -2.41. The van der Waals surface area contributed by atoms with E-state index < -0.39 is 23.5 Å². The third-order valence-electron chi connectivity index (χ3n) is 2.80. The van der Waals surface area contributed by atoms with Gasteiger partial charge in [0, 0.05) is 0 Å². The molecule has 0 saturated heterocycles. The Morgan fingerprint density at radius 3 is 2.29 bits per heavy atom. The average Bonchev–Trinajstić information content (AvgIpc) is 3.06. The molecule has 90 valence electrons. The Balaban J connectivity index is 2.14. The van der Waals surface area contributed by atoms with Crippen LogP contribution in [0, 0.1) is 0 Å². The number of aliphatic carboxylic acids is 1. The van der Waals surface area contributed by atoms with Gasteiger partial charge in [-0.3, -0.25) is 4.79 Å². The van der Waals surface area contributed by atoms with Crippen molar-refractivity contribution in [3.63, 3.8) is 0 Å². The van der Waals surface area contributed by atoms with E-state index in [9.17, 15) is 14.7 Å². The fourth-order valence-electron chi connectivity index (χ4n) is 1.54. The van der Waals surface area contributed by atoms with Crippen molar-refractivity contribution < 1.29 is 19.8 Å². The summed E-state index contributed by atoms with van der Waals surface area (Å²) in [4.78, 5) is 22.7. The number of hydrogen-bond donors (Lipinski definition) is 3. The summed E-state index contributed by atoms with van der Waals surface area (Å²) in [7, 11) is 0. The number of carbonyl (C=O) groups excluding carboxylic acids is 1. The first kappa shape index (κ1) is 11.6. The molecule has 1 amide bonds. The van der Waals surface area contributed by atoms with Gasteiger partial charge in [-0.2, -0.15) is 0 Å². The van der Waals surface area contributed by atoms with Gasteiger partial charge in [0.2, 0.25) is 0 Å². The number of carboxylic acids is 1. The summed E-state index contributed by atoms with van der Waals surface area (Å²) in [5.74, 6) is -1.76. The van der Waals surface area contributed by atoms with Gasteiger partial charge >= 0.3 is 5.97 Å². The maximum Gasteiger partial charge on any atom is 0.330 e. The van der Waals surface area contributed by atoms with E-state index in [4.69, 9.17) is 5.11 Å². The Hall–Kier alpha value is -1.88. The minimum absolute atomic E-state index is 0.389. The Labute approximate surface area is 98.1 Å². The van der Waals surface area contributed by atoms with Gasteiger partial charge < -0.3 is 15.5 Å². The number of hydrogen-bond acceptors (Lipinski definition) is 3. The van der Waals surface area contributed by atoms with Crippen molar-refractivity contribution >= 4 is 11.9 Å². The van der Waals surface area contributed by atoms with Gasteiger partial charge in [0.25, 0.3) is 5.91 Å². The zero-order valence-corrected chi connectivity index (χ0v) is 9.09. The molecule has 1 saturated carbocycles. The zero-order chi connectivity index (χ0) is 12.5. The molecular formula is C12H13NO4. The molecule has 0 radical (unpaired) electrons. The Morgan fingerprint density at radius 1 is 1.24 bits per heavy atom. The van der Waals surface area contributed by atoms with Crippen LogP contribution >= 0.6 is 0 Å². The number of carbonyl (C=O) groups is 2. The predicted molar refractivity (Wildman–Crippen MR) is 59.1 cm³/mol. The second-order valence-corrected chi connectivity index (χ2v) is 4.19. The molecule has 5 nitrogen and oxygen atoms in total. The number of aliphatic hydroxyl groups is 1. The van der Waals surface area contributed by atoms with E-state index in [0.717, 1.165) is 0 Å². The molecule has 0 bridgehead atoms. The van der Waals surface area contributed by atoms with Crippen molar-refractivity contribution in [2.24, 2.45) is 0 Å². The molecule has 2 rings (SSSR count). The van der Waals surface area contributed by atoms with Crippen molar-refractivity contribution in [2.45, 2.75) is 24.5 Å². The molecule has 1 atom stereocenters. The van der Waals surface area contributed by atoms with Gasteiger partial charge in [-0.05, 0) is 18.4 Å². The lowest BCUT2D eigenvalue weighted by Gasteiger charge is -2.16. The van der Waals surface area contributed by atoms with Crippen LogP contribution in [0.3, 0.4) is 0 Å². The highest BCUT2D eigenvalue weighted by Gasteiger charge is 2.49. The molecule has 0 heterocycles. The van der Waals surface area contributed by atoms with Gasteiger partial charge in [-0.15, -0.1) is 0 Å². The Morgan fingerprint density at radius 2 is 1.82 bits per heavy atom. The van der Waals surface area contributed by atoms with Crippen molar-refractivity contribution in [2.75, 3.05) is 0 Å². The lowest BCUT2D eigenvalue weighted by atomic mass is 10.1. The van der Waals surface area contributed by atoms with Crippen LogP contribution in [0.1, 0.15) is 24.4 Å². The maximum absolute atomic E-state index is 11.6. The average molecular weight is 235 g/mol. The topological polar surface area (TPSA) is 86.6 Å². The van der Waals surface area contributed by atoms with Crippen molar-refractivity contribution in [3.8, 4) is 0 Å². The van der Waals surface area contributed by atoms with E-state index in [1.165, 1.54) is 0 Å². The molecular weight excluding hydrogens is 222 g/mol. The second kappa shape index (κ2) is 4.18. The monoisotopic (exact) mass is 235 g/mol. The third kappa shape index (κ3) is 2.45. The SMILES string of the molecule is O=C(O)[C@@H](NC(=O)C1(O)CC1)c1ccccc1. The standard InChI is InChI=1S/C12H13NO4/c14-10(15)9(8-4-2-1-3-5-8)13-11(16)12(17)6-7-12/h1-5,9,17H,6-7H2,(H,13,16)(H,14,15)/t9-/m0/s1. The molecule has 0 unspecified atom stereocenters. The van der Waals surface area contributed by atoms with E-state index in [1.54, 1.807) is 30.3 Å². The van der Waals surface area contributed by atoms with Crippen LogP contribution < -0.4 is 5.32 Å². The predicted octanol–water partition coefficient (Wildman–Crippen LogP) is 0.453. The van der Waals surface area contributed by atoms with Crippen molar-refractivity contribution in [1.82, 2.24) is 5.32 Å². The first-order valence-corrected chi connectivity index (χ1v) is 5.34. The van der Waals surface area contributed by atoms with E-state index in [2.05, 4.69) is 5.32 Å². The first-order valence-electron chi connectivity index (χ1n) is 5.34. The number of carboxylic acid groups (broad SMARTS) is 1. The molecule has 0 aromatic heterocycles. The highest BCUT2D eigenvalue weighted by molar-refractivity contribution is 5.91. The molecule has 1 aliphatic rings. The quantitative estimate of drug-likeness (QED) is 0.707. The molecule has 3 N–H and O–H groups in total. The fraction of sp³-hybridized carbons (Fsp3) is 0.333. The van der Waals surface area contributed by atoms with Crippen molar-refractivity contribution in [3.05, 3.63) is 35.9 Å². The van der Waals surface area contributed by atoms with E-state index in [-0.39, 0.29) is 0 Å². The van der Waals surface area contributed by atoms with Crippen LogP contribution in [0.25, 0.3) is 0 Å². The number of rotatable bonds is 4. The van der Waals surface area contributed by atoms with Gasteiger partial charge in [-0.25, -0.2) is 4.79 Å². The summed E-state index contributed by atoms with van der Waals surface area (Å²) in [6, 6.07) is 7.28. The first-order chi connectivity index (χ1) is 8.03. The Kier molecular flexibility index (Phi) is 2.85. The van der Waals surface area contributed by atoms with Gasteiger partial charge in [0.15, 0.2) is 6.04 Å². The summed E-state index contributed by atoms with van der Waals surface area (Å²) in [5.41, 5.74) is -0.875. The summed E-state index contributed by atoms with van der Waals surface area (Å²) in [6.07, 6.45) is 0.778. The van der Waals surface area contributed by atoms with Crippen LogP contribution in [0.4, 0.5) is 0 Å². The van der Waals surface area contributed by atoms with E-state index >= 15 is 0 Å². The summed E-state index contributed by atoms with van der Waals surface area (Å²) in [6.45, 7) is 0. The molecule has 1 aromatic carbocycles. The van der Waals surface area contributed by atoms with Crippen LogP contribution in [0.5, 0.6) is 0 Å². The number of nitrogens with one attached hydrogen (secondary N) is 1. The molecule has 0 spiro atoms. The van der Waals surface area contributed by atoms with Crippen molar-refractivity contribution in [1.29, 1.82) is 0 Å². The van der Waals surface area contributed by atoms with E-state index in [1.807, 2.05) is 0 Å². The third-order valence-corrected chi connectivity index (χ3v) is 2.80. The fourth-order valence-corrected chi connectivity index (χ4v) is 1.54. The molecule has 1 aliphatic carbocycles. The minimum Gasteiger partial charge on any atom is -0.479 e. The molecule has 1 aromatic rings. The summed E-state index contributed by atoms with van der Waals surface area (Å²) in [5, 5.41) is 21.0. The van der Waals surface area contributed by atoms with Crippen LogP contribution in [-0.2, 0) is 9.59 Å². The lowest BCUT2D eigenvalue weighted by molar-refractivity contribution is -0.144. The smallest absolute Gasteiger partial charge is 0.330 e. The number of benzene rings is 1. The van der Waals surface area contributed by atoms with E-state index in [0.29, 0.717) is 18.4 Å². The van der Waals surface area contributed by atoms with Gasteiger partial charge in [0.1, 0.15) is 5.60 Å². The largest absolute Gasteiger partial charge is 0.479 e. The molecule has 1 fully saturated rings. The zero-order valence-electron chi connectivity index (χ0n) is 9.09. The highest BCUT2D eigenvalue weighted by atomic mass is 16.4. The molecule has 17 heavy (non-hydrogen) atoms. The second-order valence-electron chi connectivity index (χ2n) is 4.19. The molecule has 0 aliphatic heterocycles. The summed E-state index contributed by atoms with van der Waals surface area (Å²) < 4.78 is 0. The maximum atomic E-state index is 11.6. The highest BCUT2D eigenvalue weighted by Crippen LogP contribution is 2.35. The Bertz CT molecular complexity index is 439.